The third kappa shape index (κ3) is 2.73. The van der Waals surface area contributed by atoms with Gasteiger partial charge in [-0.2, -0.15) is 5.10 Å². The average molecular weight is 304 g/mol. The second-order valence-corrected chi connectivity index (χ2v) is 5.73. The predicted molar refractivity (Wildman–Crippen MR) is 94.1 cm³/mol. The SMILES string of the molecule is c1ccc(-c2c(N3CCNCC3)cnn2-c2ccccc2)cc1. The van der Waals surface area contributed by atoms with Crippen molar-refractivity contribution >= 4 is 5.69 Å². The Morgan fingerprint density at radius 2 is 1.48 bits per heavy atom. The van der Waals surface area contributed by atoms with Gasteiger partial charge in [-0.1, -0.05) is 48.5 Å². The molecule has 0 unspecified atom stereocenters. The van der Waals surface area contributed by atoms with E-state index in [0.717, 1.165) is 31.9 Å². The molecule has 0 saturated carbocycles. The van der Waals surface area contributed by atoms with Gasteiger partial charge < -0.3 is 10.2 Å². The lowest BCUT2D eigenvalue weighted by Crippen LogP contribution is -2.43. The van der Waals surface area contributed by atoms with Crippen molar-refractivity contribution in [3.63, 3.8) is 0 Å². The highest BCUT2D eigenvalue weighted by Gasteiger charge is 2.20. The summed E-state index contributed by atoms with van der Waals surface area (Å²) in [5.41, 5.74) is 4.66. The van der Waals surface area contributed by atoms with Crippen LogP contribution in [0.15, 0.2) is 66.9 Å². The highest BCUT2D eigenvalue weighted by Crippen LogP contribution is 2.33. The van der Waals surface area contributed by atoms with Crippen molar-refractivity contribution in [3.05, 3.63) is 66.9 Å². The van der Waals surface area contributed by atoms with Crippen molar-refractivity contribution in [2.45, 2.75) is 0 Å². The summed E-state index contributed by atoms with van der Waals surface area (Å²) >= 11 is 0. The number of aromatic nitrogens is 2. The third-order valence-corrected chi connectivity index (χ3v) is 4.26. The molecular formula is C19H20N4. The minimum Gasteiger partial charge on any atom is -0.366 e. The Hall–Kier alpha value is -2.59. The molecular weight excluding hydrogens is 284 g/mol. The van der Waals surface area contributed by atoms with E-state index >= 15 is 0 Å². The zero-order chi connectivity index (χ0) is 15.5. The van der Waals surface area contributed by atoms with Crippen molar-refractivity contribution in [3.8, 4) is 16.9 Å². The number of nitrogens with zero attached hydrogens (tertiary/aromatic N) is 3. The van der Waals surface area contributed by atoms with Crippen molar-refractivity contribution < 1.29 is 0 Å². The van der Waals surface area contributed by atoms with Crippen LogP contribution in [0.1, 0.15) is 0 Å². The van der Waals surface area contributed by atoms with Crippen molar-refractivity contribution in [2.75, 3.05) is 31.1 Å². The fraction of sp³-hybridized carbons (Fsp3) is 0.211. The summed E-state index contributed by atoms with van der Waals surface area (Å²) < 4.78 is 2.05. The Labute approximate surface area is 136 Å². The molecule has 23 heavy (non-hydrogen) atoms. The smallest absolute Gasteiger partial charge is 0.0974 e. The van der Waals surface area contributed by atoms with Crippen molar-refractivity contribution in [1.29, 1.82) is 0 Å². The first kappa shape index (κ1) is 14.0. The van der Waals surface area contributed by atoms with Crippen LogP contribution in [0.25, 0.3) is 16.9 Å². The highest BCUT2D eigenvalue weighted by atomic mass is 15.3. The Morgan fingerprint density at radius 1 is 0.826 bits per heavy atom. The van der Waals surface area contributed by atoms with Gasteiger partial charge in [-0.15, -0.1) is 0 Å². The zero-order valence-corrected chi connectivity index (χ0v) is 13.0. The molecule has 1 aliphatic heterocycles. The molecule has 4 nitrogen and oxygen atoms in total. The Balaban J connectivity index is 1.85. The van der Waals surface area contributed by atoms with Gasteiger partial charge in [0.15, 0.2) is 0 Å². The van der Waals surface area contributed by atoms with Gasteiger partial charge in [0, 0.05) is 31.7 Å². The Kier molecular flexibility index (Phi) is 3.82. The highest BCUT2D eigenvalue weighted by molar-refractivity contribution is 5.77. The molecule has 1 aliphatic rings. The summed E-state index contributed by atoms with van der Waals surface area (Å²) in [6, 6.07) is 20.9. The van der Waals surface area contributed by atoms with Crippen molar-refractivity contribution in [1.82, 2.24) is 15.1 Å². The summed E-state index contributed by atoms with van der Waals surface area (Å²) in [5, 5.41) is 8.11. The molecule has 0 atom stereocenters. The lowest BCUT2D eigenvalue weighted by atomic mass is 10.1. The molecule has 1 aromatic heterocycles. The van der Waals surface area contributed by atoms with E-state index in [1.54, 1.807) is 0 Å². The fourth-order valence-corrected chi connectivity index (χ4v) is 3.11. The summed E-state index contributed by atoms with van der Waals surface area (Å²) in [7, 11) is 0. The van der Waals surface area contributed by atoms with E-state index in [0.29, 0.717) is 0 Å². The maximum Gasteiger partial charge on any atom is 0.0974 e. The number of hydrogen-bond donors (Lipinski definition) is 1. The van der Waals surface area contributed by atoms with Crippen LogP contribution in [0.2, 0.25) is 0 Å². The van der Waals surface area contributed by atoms with E-state index in [1.165, 1.54) is 16.9 Å². The monoisotopic (exact) mass is 304 g/mol. The maximum atomic E-state index is 4.69. The summed E-state index contributed by atoms with van der Waals surface area (Å²) in [6.07, 6.45) is 2.00. The van der Waals surface area contributed by atoms with E-state index in [2.05, 4.69) is 64.8 Å². The Morgan fingerprint density at radius 3 is 2.17 bits per heavy atom. The second kappa shape index (κ2) is 6.26. The maximum absolute atomic E-state index is 4.69. The average Bonchev–Trinajstić information content (AvgIpc) is 3.09. The lowest BCUT2D eigenvalue weighted by molar-refractivity contribution is 0.589. The van der Waals surface area contributed by atoms with Gasteiger partial charge in [-0.25, -0.2) is 4.68 Å². The summed E-state index contributed by atoms with van der Waals surface area (Å²) in [5.74, 6) is 0. The quantitative estimate of drug-likeness (QED) is 0.807. The van der Waals surface area contributed by atoms with Gasteiger partial charge in [0.25, 0.3) is 0 Å². The topological polar surface area (TPSA) is 33.1 Å². The first-order valence-electron chi connectivity index (χ1n) is 8.08. The molecule has 0 bridgehead atoms. The molecule has 3 aromatic rings. The first-order chi connectivity index (χ1) is 11.4. The molecule has 4 rings (SSSR count). The standard InChI is InChI=1S/C19H20N4/c1-3-7-16(8-4-1)19-18(22-13-11-20-12-14-22)15-21-23(19)17-9-5-2-6-10-17/h1-10,15,20H,11-14H2. The number of hydrogen-bond acceptors (Lipinski definition) is 3. The molecule has 2 heterocycles. The largest absolute Gasteiger partial charge is 0.366 e. The van der Waals surface area contributed by atoms with Gasteiger partial charge in [0.1, 0.15) is 0 Å². The van der Waals surface area contributed by atoms with E-state index in [4.69, 9.17) is 5.10 Å². The third-order valence-electron chi connectivity index (χ3n) is 4.26. The minimum absolute atomic E-state index is 1.01. The molecule has 0 radical (unpaired) electrons. The van der Waals surface area contributed by atoms with Crippen LogP contribution in [0.3, 0.4) is 0 Å². The van der Waals surface area contributed by atoms with Crippen LogP contribution in [0.4, 0.5) is 5.69 Å². The van der Waals surface area contributed by atoms with Crippen LogP contribution in [0.5, 0.6) is 0 Å². The molecule has 1 fully saturated rings. The molecule has 4 heteroatoms. The molecule has 0 aliphatic carbocycles. The van der Waals surface area contributed by atoms with Crippen LogP contribution in [0, 0.1) is 0 Å². The summed E-state index contributed by atoms with van der Waals surface area (Å²) in [4.78, 5) is 2.42. The fourth-order valence-electron chi connectivity index (χ4n) is 3.11. The van der Waals surface area contributed by atoms with E-state index in [-0.39, 0.29) is 0 Å². The van der Waals surface area contributed by atoms with Crippen LogP contribution < -0.4 is 10.2 Å². The van der Waals surface area contributed by atoms with Crippen LogP contribution >= 0.6 is 0 Å². The first-order valence-corrected chi connectivity index (χ1v) is 8.08. The van der Waals surface area contributed by atoms with Crippen LogP contribution in [-0.4, -0.2) is 36.0 Å². The normalized spacial score (nSPS) is 14.9. The summed E-state index contributed by atoms with van der Waals surface area (Å²) in [6.45, 7) is 4.07. The molecule has 1 saturated heterocycles. The predicted octanol–water partition coefficient (Wildman–Crippen LogP) is 2.95. The van der Waals surface area contributed by atoms with E-state index in [9.17, 15) is 0 Å². The van der Waals surface area contributed by atoms with Gasteiger partial charge in [-0.3, -0.25) is 0 Å². The van der Waals surface area contributed by atoms with E-state index < -0.39 is 0 Å². The number of benzene rings is 2. The molecule has 1 N–H and O–H groups in total. The van der Waals surface area contributed by atoms with Crippen molar-refractivity contribution in [2.24, 2.45) is 0 Å². The molecule has 116 valence electrons. The zero-order valence-electron chi connectivity index (χ0n) is 13.0. The number of piperazine rings is 1. The second-order valence-electron chi connectivity index (χ2n) is 5.73. The van der Waals surface area contributed by atoms with E-state index in [1.807, 2.05) is 16.9 Å². The number of nitrogens with one attached hydrogen (secondary N) is 1. The number of anilines is 1. The van der Waals surface area contributed by atoms with Gasteiger partial charge in [-0.05, 0) is 12.1 Å². The van der Waals surface area contributed by atoms with Gasteiger partial charge in [0.05, 0.1) is 23.3 Å². The minimum atomic E-state index is 1.01. The Bertz CT molecular complexity index is 759. The number of para-hydroxylation sites is 1. The molecule has 2 aromatic carbocycles. The molecule has 0 spiro atoms. The lowest BCUT2D eigenvalue weighted by Gasteiger charge is -2.29. The van der Waals surface area contributed by atoms with Gasteiger partial charge >= 0.3 is 0 Å². The number of rotatable bonds is 3. The van der Waals surface area contributed by atoms with Crippen LogP contribution in [-0.2, 0) is 0 Å². The van der Waals surface area contributed by atoms with Gasteiger partial charge in [0.2, 0.25) is 0 Å². The molecule has 0 amide bonds.